The van der Waals surface area contributed by atoms with Crippen LogP contribution in [0.1, 0.15) is 34.3 Å². The van der Waals surface area contributed by atoms with Crippen LogP contribution in [0.3, 0.4) is 0 Å². The van der Waals surface area contributed by atoms with Crippen molar-refractivity contribution in [2.75, 3.05) is 13.1 Å². The van der Waals surface area contributed by atoms with Gasteiger partial charge in [0.15, 0.2) is 0 Å². The standard InChI is InChI=1S/C22H23N3O5S/c1-15-4-9-19-17(14-30-20(19)12-15)13-21(26)23-24-22(27)16-5-7-18(8-6-16)31(28,29)25-10-2-3-11-25/h4-9,12,14H,2-3,10-11,13H2,1H3,(H,23,26)(H,24,27). The predicted molar refractivity (Wildman–Crippen MR) is 115 cm³/mol. The highest BCUT2D eigenvalue weighted by Crippen LogP contribution is 2.23. The average molecular weight is 442 g/mol. The normalized spacial score (nSPS) is 14.6. The molecule has 0 atom stereocenters. The molecule has 0 spiro atoms. The quantitative estimate of drug-likeness (QED) is 0.592. The summed E-state index contributed by atoms with van der Waals surface area (Å²) in [6, 6.07) is 11.4. The zero-order valence-electron chi connectivity index (χ0n) is 17.1. The summed E-state index contributed by atoms with van der Waals surface area (Å²) in [4.78, 5) is 24.7. The molecule has 1 aromatic heterocycles. The molecule has 31 heavy (non-hydrogen) atoms. The Hall–Kier alpha value is -3.17. The summed E-state index contributed by atoms with van der Waals surface area (Å²) in [6.45, 7) is 2.99. The Morgan fingerprint density at radius 1 is 1.03 bits per heavy atom. The molecule has 1 aliphatic rings. The monoisotopic (exact) mass is 441 g/mol. The first-order valence-corrected chi connectivity index (χ1v) is 11.4. The van der Waals surface area contributed by atoms with E-state index in [-0.39, 0.29) is 16.9 Å². The molecule has 2 amide bonds. The van der Waals surface area contributed by atoms with Gasteiger partial charge >= 0.3 is 0 Å². The number of hydrogen-bond acceptors (Lipinski definition) is 5. The Morgan fingerprint density at radius 2 is 1.74 bits per heavy atom. The lowest BCUT2D eigenvalue weighted by Gasteiger charge is -2.15. The summed E-state index contributed by atoms with van der Waals surface area (Å²) in [5.74, 6) is -0.934. The van der Waals surface area contributed by atoms with Crippen molar-refractivity contribution < 1.29 is 22.4 Å². The van der Waals surface area contributed by atoms with Crippen LogP contribution < -0.4 is 10.9 Å². The van der Waals surface area contributed by atoms with E-state index in [0.29, 0.717) is 18.7 Å². The Morgan fingerprint density at radius 3 is 2.45 bits per heavy atom. The van der Waals surface area contributed by atoms with Gasteiger partial charge in [0.05, 0.1) is 17.6 Å². The van der Waals surface area contributed by atoms with E-state index in [1.54, 1.807) is 0 Å². The molecule has 0 radical (unpaired) electrons. The first-order valence-electron chi connectivity index (χ1n) is 10.0. The largest absolute Gasteiger partial charge is 0.464 e. The third-order valence-corrected chi connectivity index (χ3v) is 7.21. The molecule has 2 N–H and O–H groups in total. The van der Waals surface area contributed by atoms with Crippen LogP contribution in [0.4, 0.5) is 0 Å². The Kier molecular flexibility index (Phi) is 5.79. The van der Waals surface area contributed by atoms with Gasteiger partial charge in [-0.25, -0.2) is 8.42 Å². The van der Waals surface area contributed by atoms with Gasteiger partial charge in [0, 0.05) is 29.6 Å². The molecule has 4 rings (SSSR count). The number of nitrogens with one attached hydrogen (secondary N) is 2. The number of hydrogen-bond donors (Lipinski definition) is 2. The highest BCUT2D eigenvalue weighted by molar-refractivity contribution is 7.89. The second-order valence-electron chi connectivity index (χ2n) is 7.58. The summed E-state index contributed by atoms with van der Waals surface area (Å²) < 4.78 is 32.0. The molecule has 9 heteroatoms. The van der Waals surface area contributed by atoms with Crippen molar-refractivity contribution in [2.24, 2.45) is 0 Å². The lowest BCUT2D eigenvalue weighted by Crippen LogP contribution is -2.42. The number of fused-ring (bicyclic) bond motifs is 1. The van der Waals surface area contributed by atoms with Crippen molar-refractivity contribution in [3.8, 4) is 0 Å². The van der Waals surface area contributed by atoms with Crippen molar-refractivity contribution in [1.82, 2.24) is 15.2 Å². The fourth-order valence-electron chi connectivity index (χ4n) is 3.60. The second kappa shape index (κ2) is 8.52. The minimum atomic E-state index is -3.53. The van der Waals surface area contributed by atoms with Gasteiger partial charge in [-0.3, -0.25) is 20.4 Å². The number of amides is 2. The number of carbonyl (C=O) groups excluding carboxylic acids is 2. The van der Waals surface area contributed by atoms with Crippen molar-refractivity contribution in [2.45, 2.75) is 31.1 Å². The van der Waals surface area contributed by atoms with Gasteiger partial charge < -0.3 is 4.42 Å². The Labute approximate surface area is 180 Å². The summed E-state index contributed by atoms with van der Waals surface area (Å²) in [5.41, 5.74) is 7.46. The number of carbonyl (C=O) groups is 2. The van der Waals surface area contributed by atoms with Crippen LogP contribution in [-0.2, 0) is 21.2 Å². The number of nitrogens with zero attached hydrogens (tertiary/aromatic N) is 1. The molecule has 0 unspecified atom stereocenters. The van der Waals surface area contributed by atoms with Crippen LogP contribution in [0.25, 0.3) is 11.0 Å². The number of aryl methyl sites for hydroxylation is 1. The fraction of sp³-hybridized carbons (Fsp3) is 0.273. The zero-order chi connectivity index (χ0) is 22.0. The SMILES string of the molecule is Cc1ccc2c(CC(=O)NNC(=O)c3ccc(S(=O)(=O)N4CCCC4)cc3)coc2c1. The van der Waals surface area contributed by atoms with Gasteiger partial charge in [-0.05, 0) is 55.7 Å². The van der Waals surface area contributed by atoms with Crippen LogP contribution in [-0.4, -0.2) is 37.6 Å². The van der Waals surface area contributed by atoms with Gasteiger partial charge in [-0.2, -0.15) is 4.31 Å². The van der Waals surface area contributed by atoms with E-state index in [1.807, 2.05) is 25.1 Å². The number of sulfonamides is 1. The Balaban J connectivity index is 1.35. The van der Waals surface area contributed by atoms with E-state index in [9.17, 15) is 18.0 Å². The molecule has 8 nitrogen and oxygen atoms in total. The van der Waals surface area contributed by atoms with Crippen LogP contribution >= 0.6 is 0 Å². The third-order valence-electron chi connectivity index (χ3n) is 5.30. The molecule has 1 aliphatic heterocycles. The lowest BCUT2D eigenvalue weighted by atomic mass is 10.1. The highest BCUT2D eigenvalue weighted by Gasteiger charge is 2.27. The van der Waals surface area contributed by atoms with E-state index in [1.165, 1.54) is 34.8 Å². The van der Waals surface area contributed by atoms with Gasteiger partial charge in [-0.15, -0.1) is 0 Å². The van der Waals surface area contributed by atoms with Crippen molar-refractivity contribution in [3.63, 3.8) is 0 Å². The summed E-state index contributed by atoms with van der Waals surface area (Å²) in [6.07, 6.45) is 3.29. The van der Waals surface area contributed by atoms with Gasteiger partial charge in [0.25, 0.3) is 5.91 Å². The number of furan rings is 1. The van der Waals surface area contributed by atoms with Gasteiger partial charge in [0.2, 0.25) is 15.9 Å². The molecule has 0 saturated carbocycles. The van der Waals surface area contributed by atoms with Crippen LogP contribution in [0.5, 0.6) is 0 Å². The zero-order valence-corrected chi connectivity index (χ0v) is 17.9. The van der Waals surface area contributed by atoms with E-state index < -0.39 is 21.8 Å². The third kappa shape index (κ3) is 4.47. The molecule has 3 aromatic rings. The van der Waals surface area contributed by atoms with Gasteiger partial charge in [0.1, 0.15) is 5.58 Å². The van der Waals surface area contributed by atoms with E-state index in [4.69, 9.17) is 4.42 Å². The topological polar surface area (TPSA) is 109 Å². The van der Waals surface area contributed by atoms with Crippen LogP contribution in [0, 0.1) is 6.92 Å². The lowest BCUT2D eigenvalue weighted by molar-refractivity contribution is -0.121. The summed E-state index contributed by atoms with van der Waals surface area (Å²) in [7, 11) is -3.53. The molecule has 1 saturated heterocycles. The molecule has 162 valence electrons. The maximum atomic E-state index is 12.6. The molecule has 1 fully saturated rings. The first-order chi connectivity index (χ1) is 14.8. The minimum Gasteiger partial charge on any atom is -0.464 e. The molecule has 0 aliphatic carbocycles. The summed E-state index contributed by atoms with van der Waals surface area (Å²) in [5, 5.41) is 0.849. The molecule has 0 bridgehead atoms. The summed E-state index contributed by atoms with van der Waals surface area (Å²) >= 11 is 0. The number of benzene rings is 2. The van der Waals surface area contributed by atoms with Crippen molar-refractivity contribution in [1.29, 1.82) is 0 Å². The van der Waals surface area contributed by atoms with Crippen molar-refractivity contribution in [3.05, 3.63) is 65.4 Å². The smallest absolute Gasteiger partial charge is 0.269 e. The molecule has 2 aromatic carbocycles. The first kappa shape index (κ1) is 21.1. The number of rotatable bonds is 5. The maximum absolute atomic E-state index is 12.6. The van der Waals surface area contributed by atoms with Crippen molar-refractivity contribution >= 4 is 32.8 Å². The highest BCUT2D eigenvalue weighted by atomic mass is 32.2. The molecule has 2 heterocycles. The second-order valence-corrected chi connectivity index (χ2v) is 9.51. The Bertz CT molecular complexity index is 1230. The molecular weight excluding hydrogens is 418 g/mol. The van der Waals surface area contributed by atoms with E-state index in [2.05, 4.69) is 10.9 Å². The predicted octanol–water partition coefficient (Wildman–Crippen LogP) is 2.53. The van der Waals surface area contributed by atoms with E-state index in [0.717, 1.165) is 29.4 Å². The van der Waals surface area contributed by atoms with Crippen LogP contribution in [0.2, 0.25) is 0 Å². The minimum absolute atomic E-state index is 0.0450. The molecular formula is C22H23N3O5S. The van der Waals surface area contributed by atoms with Gasteiger partial charge in [-0.1, -0.05) is 12.1 Å². The van der Waals surface area contributed by atoms with Crippen LogP contribution in [0.15, 0.2) is 58.0 Å². The maximum Gasteiger partial charge on any atom is 0.269 e. The average Bonchev–Trinajstić information content (AvgIpc) is 3.43. The number of hydrazine groups is 1. The van der Waals surface area contributed by atoms with E-state index >= 15 is 0 Å². The fourth-order valence-corrected chi connectivity index (χ4v) is 5.12.